The van der Waals surface area contributed by atoms with Gasteiger partial charge in [0.05, 0.1) is 0 Å². The van der Waals surface area contributed by atoms with E-state index in [-0.39, 0.29) is 0 Å². The molecule has 0 aliphatic heterocycles. The van der Waals surface area contributed by atoms with Gasteiger partial charge in [0.15, 0.2) is 0 Å². The number of benzene rings is 1. The second kappa shape index (κ2) is 3.41. The number of H-pyrrole nitrogens is 1. The van der Waals surface area contributed by atoms with Crippen molar-refractivity contribution in [2.45, 2.75) is 6.67 Å². The van der Waals surface area contributed by atoms with Gasteiger partial charge in [-0.25, -0.2) is 4.39 Å². The van der Waals surface area contributed by atoms with E-state index in [1.54, 1.807) is 18.2 Å². The molecule has 6 heteroatoms. The largest absolute Gasteiger partial charge is 0.399 e. The fraction of sp³-hybridized carbons (Fsp3) is 0.125. The fourth-order valence-corrected chi connectivity index (χ4v) is 1.21. The van der Waals surface area contributed by atoms with Crippen molar-refractivity contribution in [1.29, 1.82) is 0 Å². The molecule has 0 atom stereocenters. The molecule has 0 amide bonds. The Balaban J connectivity index is 2.48. The van der Waals surface area contributed by atoms with Crippen molar-refractivity contribution in [1.82, 2.24) is 20.6 Å². The van der Waals surface area contributed by atoms with E-state index in [1.165, 1.54) is 0 Å². The number of aromatic amines is 1. The Labute approximate surface area is 79.1 Å². The molecule has 0 unspecified atom stereocenters. The maximum absolute atomic E-state index is 12.4. The van der Waals surface area contributed by atoms with E-state index in [4.69, 9.17) is 5.73 Å². The Kier molecular flexibility index (Phi) is 2.10. The van der Waals surface area contributed by atoms with Crippen LogP contribution in [0.15, 0.2) is 18.2 Å². The summed E-state index contributed by atoms with van der Waals surface area (Å²) in [7, 11) is 0. The van der Waals surface area contributed by atoms with E-state index in [9.17, 15) is 4.39 Å². The maximum atomic E-state index is 12.4. The average molecular weight is 193 g/mol. The highest BCUT2D eigenvalue weighted by Crippen LogP contribution is 2.19. The molecule has 2 rings (SSSR count). The lowest BCUT2D eigenvalue weighted by Crippen LogP contribution is -1.90. The summed E-state index contributed by atoms with van der Waals surface area (Å²) >= 11 is 0. The maximum Gasteiger partial charge on any atom is 0.204 e. The molecule has 0 aliphatic carbocycles. The first-order valence-corrected chi connectivity index (χ1v) is 3.99. The second-order valence-electron chi connectivity index (χ2n) is 2.83. The number of hydrogen-bond acceptors (Lipinski definition) is 4. The van der Waals surface area contributed by atoms with Gasteiger partial charge < -0.3 is 5.73 Å². The SMILES string of the molecule is Nc1cc(CF)cc(-c2nn[nH]n2)c1. The summed E-state index contributed by atoms with van der Waals surface area (Å²) in [6, 6.07) is 4.88. The minimum atomic E-state index is -0.560. The van der Waals surface area contributed by atoms with Crippen LogP contribution in [0.5, 0.6) is 0 Å². The lowest BCUT2D eigenvalue weighted by atomic mass is 10.1. The Morgan fingerprint density at radius 1 is 1.36 bits per heavy atom. The number of nitrogens with one attached hydrogen (secondary N) is 1. The van der Waals surface area contributed by atoms with Crippen LogP contribution in [0.3, 0.4) is 0 Å². The highest BCUT2D eigenvalue weighted by Gasteiger charge is 2.05. The number of anilines is 1. The van der Waals surface area contributed by atoms with Crippen LogP contribution in [0.1, 0.15) is 5.56 Å². The summed E-state index contributed by atoms with van der Waals surface area (Å²) in [6.07, 6.45) is 0. The van der Waals surface area contributed by atoms with Crippen LogP contribution in [0.2, 0.25) is 0 Å². The number of nitrogen functional groups attached to an aromatic ring is 1. The summed E-state index contributed by atoms with van der Waals surface area (Å²) < 4.78 is 12.4. The molecule has 2 aromatic rings. The smallest absolute Gasteiger partial charge is 0.204 e. The predicted molar refractivity (Wildman–Crippen MR) is 48.8 cm³/mol. The zero-order valence-corrected chi connectivity index (χ0v) is 7.24. The van der Waals surface area contributed by atoms with Crippen LogP contribution in [-0.4, -0.2) is 20.6 Å². The first-order chi connectivity index (χ1) is 6.79. The molecule has 1 heterocycles. The van der Waals surface area contributed by atoms with Gasteiger partial charge in [-0.1, -0.05) is 0 Å². The van der Waals surface area contributed by atoms with Crippen LogP contribution in [0, 0.1) is 0 Å². The van der Waals surface area contributed by atoms with Crippen LogP contribution in [0.25, 0.3) is 11.4 Å². The number of hydrogen-bond donors (Lipinski definition) is 2. The van der Waals surface area contributed by atoms with Crippen molar-refractivity contribution in [2.75, 3.05) is 5.73 Å². The van der Waals surface area contributed by atoms with Crippen LogP contribution < -0.4 is 5.73 Å². The monoisotopic (exact) mass is 193 g/mol. The quantitative estimate of drug-likeness (QED) is 0.695. The zero-order chi connectivity index (χ0) is 9.97. The minimum absolute atomic E-state index is 0.409. The van der Waals surface area contributed by atoms with E-state index >= 15 is 0 Å². The first-order valence-electron chi connectivity index (χ1n) is 3.99. The Morgan fingerprint density at radius 3 is 2.86 bits per heavy atom. The molecule has 72 valence electrons. The zero-order valence-electron chi connectivity index (χ0n) is 7.24. The van der Waals surface area contributed by atoms with Gasteiger partial charge in [0, 0.05) is 11.3 Å². The highest BCUT2D eigenvalue weighted by atomic mass is 19.1. The van der Waals surface area contributed by atoms with Crippen LogP contribution >= 0.6 is 0 Å². The van der Waals surface area contributed by atoms with Crippen molar-refractivity contribution < 1.29 is 4.39 Å². The predicted octanol–water partition coefficient (Wildman–Crippen LogP) is 0.918. The van der Waals surface area contributed by atoms with Gasteiger partial charge in [0.1, 0.15) is 6.67 Å². The van der Waals surface area contributed by atoms with E-state index in [1.807, 2.05) is 0 Å². The molecule has 0 saturated carbocycles. The van der Waals surface area contributed by atoms with Gasteiger partial charge >= 0.3 is 0 Å². The van der Waals surface area contributed by atoms with Gasteiger partial charge in [-0.2, -0.15) is 5.21 Å². The van der Waals surface area contributed by atoms with Crippen molar-refractivity contribution in [2.24, 2.45) is 0 Å². The summed E-state index contributed by atoms with van der Waals surface area (Å²) in [5.41, 5.74) is 7.24. The van der Waals surface area contributed by atoms with Crippen molar-refractivity contribution in [3.8, 4) is 11.4 Å². The molecular weight excluding hydrogens is 185 g/mol. The highest BCUT2D eigenvalue weighted by molar-refractivity contribution is 5.62. The van der Waals surface area contributed by atoms with Crippen LogP contribution in [0.4, 0.5) is 10.1 Å². The molecule has 0 fully saturated rings. The normalized spacial score (nSPS) is 10.4. The molecular formula is C8H8FN5. The molecule has 3 N–H and O–H groups in total. The lowest BCUT2D eigenvalue weighted by Gasteiger charge is -2.00. The number of nitrogens with two attached hydrogens (primary N) is 1. The number of rotatable bonds is 2. The Bertz CT molecular complexity index is 425. The lowest BCUT2D eigenvalue weighted by molar-refractivity contribution is 0.485. The fourth-order valence-electron chi connectivity index (χ4n) is 1.21. The van der Waals surface area contributed by atoms with Crippen molar-refractivity contribution in [3.05, 3.63) is 23.8 Å². The van der Waals surface area contributed by atoms with E-state index < -0.39 is 6.67 Å². The third kappa shape index (κ3) is 1.54. The molecule has 1 aromatic carbocycles. The van der Waals surface area contributed by atoms with Gasteiger partial charge in [0.2, 0.25) is 5.82 Å². The number of nitrogens with zero attached hydrogens (tertiary/aromatic N) is 3. The average Bonchev–Trinajstić information content (AvgIpc) is 2.69. The molecule has 0 radical (unpaired) electrons. The van der Waals surface area contributed by atoms with Gasteiger partial charge in [-0.3, -0.25) is 0 Å². The standard InChI is InChI=1S/C8H8FN5/c9-4-5-1-6(3-7(10)2-5)8-11-13-14-12-8/h1-3H,4,10H2,(H,11,12,13,14). The second-order valence-corrected chi connectivity index (χ2v) is 2.83. The molecule has 0 aliphatic rings. The number of halogens is 1. The van der Waals surface area contributed by atoms with Gasteiger partial charge in [-0.15, -0.1) is 10.2 Å². The molecule has 0 spiro atoms. The molecule has 0 bridgehead atoms. The van der Waals surface area contributed by atoms with Crippen molar-refractivity contribution in [3.63, 3.8) is 0 Å². The van der Waals surface area contributed by atoms with E-state index in [0.717, 1.165) is 0 Å². The van der Waals surface area contributed by atoms with Gasteiger partial charge in [0.25, 0.3) is 0 Å². The Hall–Kier alpha value is -1.98. The topological polar surface area (TPSA) is 80.5 Å². The van der Waals surface area contributed by atoms with Crippen molar-refractivity contribution >= 4 is 5.69 Å². The number of alkyl halides is 1. The molecule has 5 nitrogen and oxygen atoms in total. The number of tetrazole rings is 1. The summed E-state index contributed by atoms with van der Waals surface area (Å²) in [5.74, 6) is 0.409. The third-order valence-electron chi connectivity index (χ3n) is 1.77. The molecule has 14 heavy (non-hydrogen) atoms. The number of aromatic nitrogens is 4. The third-order valence-corrected chi connectivity index (χ3v) is 1.77. The Morgan fingerprint density at radius 2 is 2.21 bits per heavy atom. The van der Waals surface area contributed by atoms with E-state index in [0.29, 0.717) is 22.6 Å². The minimum Gasteiger partial charge on any atom is -0.399 e. The molecule has 1 aromatic heterocycles. The first kappa shape index (κ1) is 8.61. The summed E-state index contributed by atoms with van der Waals surface area (Å²) in [6.45, 7) is -0.560. The van der Waals surface area contributed by atoms with Crippen LogP contribution in [-0.2, 0) is 6.67 Å². The van der Waals surface area contributed by atoms with Gasteiger partial charge in [-0.05, 0) is 29.0 Å². The summed E-state index contributed by atoms with van der Waals surface area (Å²) in [5, 5.41) is 13.3. The van der Waals surface area contributed by atoms with E-state index in [2.05, 4.69) is 20.6 Å². The summed E-state index contributed by atoms with van der Waals surface area (Å²) in [4.78, 5) is 0. The molecule has 0 saturated heterocycles.